The van der Waals surface area contributed by atoms with Gasteiger partial charge < -0.3 is 10.2 Å². The maximum absolute atomic E-state index is 12.7. The zero-order valence-corrected chi connectivity index (χ0v) is 10.1. The van der Waals surface area contributed by atoms with Crippen molar-refractivity contribution in [3.63, 3.8) is 0 Å². The second-order valence-electron chi connectivity index (χ2n) is 4.25. The Kier molecular flexibility index (Phi) is 3.80. The number of aromatic hydroxyl groups is 2. The lowest BCUT2D eigenvalue weighted by Crippen LogP contribution is -2.01. The Morgan fingerprint density at radius 2 is 1.74 bits per heavy atom. The zero-order valence-electron chi connectivity index (χ0n) is 10.1. The van der Waals surface area contributed by atoms with Crippen molar-refractivity contribution in [3.05, 3.63) is 59.4 Å². The largest absolute Gasteiger partial charge is 0.508 e. The third kappa shape index (κ3) is 3.31. The third-order valence-electron chi connectivity index (χ3n) is 2.84. The maximum atomic E-state index is 12.7. The van der Waals surface area contributed by atoms with E-state index >= 15 is 0 Å². The molecule has 0 atom stereocenters. The summed E-state index contributed by atoms with van der Waals surface area (Å²) in [6.45, 7) is 0. The van der Waals surface area contributed by atoms with Crippen molar-refractivity contribution in [1.82, 2.24) is 0 Å². The Morgan fingerprint density at radius 3 is 2.37 bits per heavy atom. The van der Waals surface area contributed by atoms with E-state index < -0.39 is 0 Å². The highest BCUT2D eigenvalue weighted by Crippen LogP contribution is 2.24. The van der Waals surface area contributed by atoms with E-state index in [-0.39, 0.29) is 35.1 Å². The van der Waals surface area contributed by atoms with E-state index in [0.717, 1.165) is 11.6 Å². The first-order valence-corrected chi connectivity index (χ1v) is 5.86. The van der Waals surface area contributed by atoms with Crippen molar-refractivity contribution in [3.8, 4) is 11.5 Å². The second kappa shape index (κ2) is 5.52. The fraction of sp³-hybridized carbons (Fsp3) is 0.133. The average Bonchev–Trinajstić information content (AvgIpc) is 2.37. The van der Waals surface area contributed by atoms with Crippen molar-refractivity contribution >= 4 is 5.78 Å². The van der Waals surface area contributed by atoms with Crippen molar-refractivity contribution in [2.45, 2.75) is 12.8 Å². The normalized spacial score (nSPS) is 10.4. The summed E-state index contributed by atoms with van der Waals surface area (Å²) >= 11 is 0. The van der Waals surface area contributed by atoms with Crippen molar-refractivity contribution in [2.75, 3.05) is 0 Å². The van der Waals surface area contributed by atoms with Gasteiger partial charge in [0.25, 0.3) is 0 Å². The Labute approximate surface area is 109 Å². The van der Waals surface area contributed by atoms with Crippen LogP contribution in [0, 0.1) is 5.82 Å². The van der Waals surface area contributed by atoms with Gasteiger partial charge in [-0.2, -0.15) is 0 Å². The molecule has 0 saturated carbocycles. The minimum Gasteiger partial charge on any atom is -0.508 e. The highest BCUT2D eigenvalue weighted by molar-refractivity contribution is 5.98. The van der Waals surface area contributed by atoms with E-state index in [1.165, 1.54) is 24.3 Å². The van der Waals surface area contributed by atoms with Crippen LogP contribution in [0.5, 0.6) is 11.5 Å². The number of hydrogen-bond acceptors (Lipinski definition) is 3. The quantitative estimate of drug-likeness (QED) is 0.831. The summed E-state index contributed by atoms with van der Waals surface area (Å²) in [4.78, 5) is 11.9. The van der Waals surface area contributed by atoms with Crippen LogP contribution in [0.15, 0.2) is 42.5 Å². The van der Waals surface area contributed by atoms with Crippen LogP contribution < -0.4 is 0 Å². The predicted octanol–water partition coefficient (Wildman–Crippen LogP) is 3.05. The average molecular weight is 260 g/mol. The van der Waals surface area contributed by atoms with Gasteiger partial charge in [-0.1, -0.05) is 12.1 Å². The minimum absolute atomic E-state index is 0.0902. The molecule has 0 heterocycles. The van der Waals surface area contributed by atoms with Gasteiger partial charge in [-0.3, -0.25) is 4.79 Å². The molecule has 2 N–H and O–H groups in total. The van der Waals surface area contributed by atoms with Gasteiger partial charge in [-0.05, 0) is 36.2 Å². The highest BCUT2D eigenvalue weighted by Gasteiger charge is 2.11. The van der Waals surface area contributed by atoms with Gasteiger partial charge in [-0.25, -0.2) is 4.39 Å². The van der Waals surface area contributed by atoms with Gasteiger partial charge in [0.05, 0.1) is 5.56 Å². The van der Waals surface area contributed by atoms with Crippen LogP contribution in [0.2, 0.25) is 0 Å². The lowest BCUT2D eigenvalue weighted by Gasteiger charge is -2.04. The molecule has 0 saturated heterocycles. The minimum atomic E-state index is -0.314. The molecule has 2 aromatic rings. The molecule has 98 valence electrons. The second-order valence-corrected chi connectivity index (χ2v) is 4.25. The number of halogens is 1. The number of phenolic OH excluding ortho intramolecular Hbond substituents is 2. The molecule has 0 aliphatic rings. The van der Waals surface area contributed by atoms with Gasteiger partial charge in [0.1, 0.15) is 17.3 Å². The van der Waals surface area contributed by atoms with E-state index in [1.54, 1.807) is 12.1 Å². The monoisotopic (exact) mass is 260 g/mol. The Hall–Kier alpha value is -2.36. The SMILES string of the molecule is O=C(CCc1ccc(F)cc1)c1ccc(O)cc1O. The fourth-order valence-corrected chi connectivity index (χ4v) is 1.80. The van der Waals surface area contributed by atoms with Crippen LogP contribution in [0.4, 0.5) is 4.39 Å². The topological polar surface area (TPSA) is 57.5 Å². The van der Waals surface area contributed by atoms with Crippen molar-refractivity contribution in [2.24, 2.45) is 0 Å². The number of aryl methyl sites for hydroxylation is 1. The molecule has 0 aromatic heterocycles. The van der Waals surface area contributed by atoms with Crippen LogP contribution >= 0.6 is 0 Å². The summed E-state index contributed by atoms with van der Waals surface area (Å²) < 4.78 is 12.7. The number of carbonyl (C=O) groups is 1. The Morgan fingerprint density at radius 1 is 1.05 bits per heavy atom. The number of rotatable bonds is 4. The maximum Gasteiger partial charge on any atom is 0.166 e. The van der Waals surface area contributed by atoms with E-state index in [4.69, 9.17) is 5.11 Å². The van der Waals surface area contributed by atoms with Crippen LogP contribution in [0.1, 0.15) is 22.3 Å². The summed E-state index contributed by atoms with van der Waals surface area (Å²) in [5.74, 6) is -0.857. The lowest BCUT2D eigenvalue weighted by atomic mass is 10.0. The van der Waals surface area contributed by atoms with E-state index in [9.17, 15) is 14.3 Å². The zero-order chi connectivity index (χ0) is 13.8. The highest BCUT2D eigenvalue weighted by atomic mass is 19.1. The molecule has 0 amide bonds. The molecular formula is C15H13FO3. The molecule has 0 aliphatic carbocycles. The molecule has 2 aromatic carbocycles. The predicted molar refractivity (Wildman–Crippen MR) is 68.8 cm³/mol. The molecule has 0 radical (unpaired) electrons. The third-order valence-corrected chi connectivity index (χ3v) is 2.84. The summed E-state index contributed by atoms with van der Waals surface area (Å²) in [5.41, 5.74) is 1.04. The summed E-state index contributed by atoms with van der Waals surface area (Å²) in [6.07, 6.45) is 0.684. The van der Waals surface area contributed by atoms with E-state index in [0.29, 0.717) is 6.42 Å². The number of carbonyl (C=O) groups excluding carboxylic acids is 1. The van der Waals surface area contributed by atoms with Crippen molar-refractivity contribution in [1.29, 1.82) is 0 Å². The first-order valence-electron chi connectivity index (χ1n) is 5.86. The van der Waals surface area contributed by atoms with Gasteiger partial charge in [0.2, 0.25) is 0 Å². The molecule has 0 fully saturated rings. The van der Waals surface area contributed by atoms with Crippen LogP contribution in [-0.4, -0.2) is 16.0 Å². The molecule has 2 rings (SSSR count). The lowest BCUT2D eigenvalue weighted by molar-refractivity contribution is 0.0980. The molecule has 0 unspecified atom stereocenters. The van der Waals surface area contributed by atoms with E-state index in [2.05, 4.69) is 0 Å². The number of benzene rings is 2. The van der Waals surface area contributed by atoms with Crippen LogP contribution in [0.3, 0.4) is 0 Å². The standard InChI is InChI=1S/C15H13FO3/c16-11-4-1-10(2-5-11)3-8-14(18)13-7-6-12(17)9-15(13)19/h1-2,4-7,9,17,19H,3,8H2. The molecule has 0 spiro atoms. The van der Waals surface area contributed by atoms with Gasteiger partial charge >= 0.3 is 0 Å². The molecule has 0 aliphatic heterocycles. The van der Waals surface area contributed by atoms with Gasteiger partial charge in [0.15, 0.2) is 5.78 Å². The molecule has 0 bridgehead atoms. The summed E-state index contributed by atoms with van der Waals surface area (Å²) in [7, 11) is 0. The van der Waals surface area contributed by atoms with Crippen molar-refractivity contribution < 1.29 is 19.4 Å². The molecule has 3 nitrogen and oxygen atoms in total. The van der Waals surface area contributed by atoms with Gasteiger partial charge in [-0.15, -0.1) is 0 Å². The Balaban J connectivity index is 2.03. The number of ketones is 1. The van der Waals surface area contributed by atoms with Crippen LogP contribution in [0.25, 0.3) is 0 Å². The summed E-state index contributed by atoms with van der Waals surface area (Å²) in [5, 5.41) is 18.7. The smallest absolute Gasteiger partial charge is 0.166 e. The number of Topliss-reactive ketones (excluding diaryl/α,β-unsaturated/α-hetero) is 1. The fourth-order valence-electron chi connectivity index (χ4n) is 1.80. The molecular weight excluding hydrogens is 247 g/mol. The van der Waals surface area contributed by atoms with Gasteiger partial charge in [0, 0.05) is 12.5 Å². The molecule has 19 heavy (non-hydrogen) atoms. The Bertz CT molecular complexity index is 591. The number of hydrogen-bond donors (Lipinski definition) is 2. The van der Waals surface area contributed by atoms with E-state index in [1.807, 2.05) is 0 Å². The first-order chi connectivity index (χ1) is 9.06. The first kappa shape index (κ1) is 13.1. The number of phenols is 2. The van der Waals surface area contributed by atoms with Crippen LogP contribution in [-0.2, 0) is 6.42 Å². The summed E-state index contributed by atoms with van der Waals surface area (Å²) in [6, 6.07) is 9.81. The molecule has 4 heteroatoms.